The molecule has 1 fully saturated rings. The van der Waals surface area contributed by atoms with Crippen LogP contribution in [0.25, 0.3) is 10.8 Å². The fourth-order valence-electron chi connectivity index (χ4n) is 4.75. The van der Waals surface area contributed by atoms with Crippen molar-refractivity contribution < 1.29 is 23.4 Å². The normalized spacial score (nSPS) is 18.9. The van der Waals surface area contributed by atoms with Crippen molar-refractivity contribution in [1.82, 2.24) is 4.90 Å². The molecule has 1 heterocycles. The molecule has 3 aromatic carbocycles. The molecule has 0 radical (unpaired) electrons. The number of piperidine rings is 1. The lowest BCUT2D eigenvalue weighted by Gasteiger charge is -2.40. The Bertz CT molecular complexity index is 1260. The van der Waals surface area contributed by atoms with Crippen LogP contribution in [0.3, 0.4) is 0 Å². The van der Waals surface area contributed by atoms with E-state index in [2.05, 4.69) is 45.0 Å². The third-order valence-electron chi connectivity index (χ3n) is 7.78. The number of carbonyl (C=O) groups excluding carboxylic acids is 1. The maximum absolute atomic E-state index is 13.7. The van der Waals surface area contributed by atoms with Crippen LogP contribution in [-0.4, -0.2) is 52.6 Å². The van der Waals surface area contributed by atoms with Crippen molar-refractivity contribution in [3.8, 4) is 5.75 Å². The summed E-state index contributed by atoms with van der Waals surface area (Å²) in [4.78, 5) is 14.9. The Morgan fingerprint density at radius 1 is 1.10 bits per heavy atom. The van der Waals surface area contributed by atoms with Crippen LogP contribution in [0.2, 0.25) is 5.54 Å². The standard InChI is InChI=1S/C32H42FNO4Si/c1-21(2)19-36-29-17-23(16-25-8-6-7-9-27(25)29)20-37-30-18-34(31(35)38-32(4,5)22(3)39)15-14-28(30)24-10-12-26(33)13-11-24/h6-13,16-17,21-22,28,30H,14-15,18-20H2,1-5,39H3. The average Bonchev–Trinajstić information content (AvgIpc) is 2.90. The summed E-state index contributed by atoms with van der Waals surface area (Å²) in [6, 6.07) is 19.0. The van der Waals surface area contributed by atoms with Gasteiger partial charge in [-0.25, -0.2) is 9.18 Å². The van der Waals surface area contributed by atoms with E-state index in [0.29, 0.717) is 44.2 Å². The first-order chi connectivity index (χ1) is 18.5. The highest BCUT2D eigenvalue weighted by atomic mass is 28.1. The van der Waals surface area contributed by atoms with Crippen LogP contribution in [-0.2, 0) is 16.1 Å². The van der Waals surface area contributed by atoms with Crippen molar-refractivity contribution in [1.29, 1.82) is 0 Å². The molecule has 0 aromatic heterocycles. The zero-order valence-electron chi connectivity index (χ0n) is 24.1. The van der Waals surface area contributed by atoms with Crippen LogP contribution >= 0.6 is 0 Å². The first-order valence-corrected chi connectivity index (χ1v) is 15.2. The maximum atomic E-state index is 13.7. The minimum Gasteiger partial charge on any atom is -0.493 e. The minimum absolute atomic E-state index is 0.0392. The highest BCUT2D eigenvalue weighted by Gasteiger charge is 2.36. The van der Waals surface area contributed by atoms with Crippen molar-refractivity contribution in [2.45, 2.75) is 70.8 Å². The smallest absolute Gasteiger partial charge is 0.410 e. The predicted molar refractivity (Wildman–Crippen MR) is 158 cm³/mol. The molecule has 0 aliphatic carbocycles. The number of fused-ring (bicyclic) bond motifs is 1. The van der Waals surface area contributed by atoms with Gasteiger partial charge in [0, 0.05) is 28.1 Å². The lowest BCUT2D eigenvalue weighted by atomic mass is 9.87. The Hall–Kier alpha value is -2.90. The third kappa shape index (κ3) is 7.40. The van der Waals surface area contributed by atoms with Crippen LogP contribution < -0.4 is 4.74 Å². The van der Waals surface area contributed by atoms with E-state index in [-0.39, 0.29) is 23.9 Å². The third-order valence-corrected chi connectivity index (χ3v) is 9.17. The molecule has 4 rings (SSSR count). The van der Waals surface area contributed by atoms with Crippen LogP contribution in [0.15, 0.2) is 60.7 Å². The lowest BCUT2D eigenvalue weighted by Crippen LogP contribution is -2.49. The Morgan fingerprint density at radius 2 is 1.82 bits per heavy atom. The topological polar surface area (TPSA) is 48.0 Å². The molecule has 3 unspecified atom stereocenters. The molecular weight excluding hydrogens is 509 g/mol. The van der Waals surface area contributed by atoms with E-state index in [1.807, 2.05) is 38.1 Å². The van der Waals surface area contributed by atoms with Crippen LogP contribution in [0, 0.1) is 11.7 Å². The Kier molecular flexibility index (Phi) is 9.34. The monoisotopic (exact) mass is 551 g/mol. The van der Waals surface area contributed by atoms with Gasteiger partial charge in [-0.15, -0.1) is 0 Å². The number of amides is 1. The molecule has 1 saturated heterocycles. The Labute approximate surface area is 235 Å². The summed E-state index contributed by atoms with van der Waals surface area (Å²) in [6.07, 6.45) is 0.145. The van der Waals surface area contributed by atoms with Gasteiger partial charge >= 0.3 is 6.09 Å². The van der Waals surface area contributed by atoms with E-state index in [0.717, 1.165) is 37.9 Å². The SMILES string of the molecule is CC(C)COc1cc(COC2CN(C(=O)OC(C)(C)C(C)[SiH3])CCC2c2ccc(F)cc2)cc2ccccc12. The van der Waals surface area contributed by atoms with Gasteiger partial charge in [0.15, 0.2) is 0 Å². The second kappa shape index (κ2) is 12.5. The highest BCUT2D eigenvalue weighted by molar-refractivity contribution is 6.12. The zero-order valence-corrected chi connectivity index (χ0v) is 26.1. The molecule has 3 aromatic rings. The molecule has 0 saturated carbocycles. The molecule has 0 N–H and O–H groups in total. The van der Waals surface area contributed by atoms with Gasteiger partial charge in [-0.3, -0.25) is 0 Å². The molecule has 5 nitrogen and oxygen atoms in total. The number of likely N-dealkylation sites (tertiary alicyclic amines) is 1. The molecule has 0 spiro atoms. The number of hydrogen-bond donors (Lipinski definition) is 0. The fraction of sp³-hybridized carbons (Fsp3) is 0.469. The lowest BCUT2D eigenvalue weighted by molar-refractivity contribution is -0.0393. The Balaban J connectivity index is 1.56. The number of ether oxygens (including phenoxy) is 3. The molecule has 210 valence electrons. The van der Waals surface area contributed by atoms with Crippen LogP contribution in [0.1, 0.15) is 58.1 Å². The van der Waals surface area contributed by atoms with E-state index in [4.69, 9.17) is 14.2 Å². The molecule has 1 aliphatic rings. The summed E-state index contributed by atoms with van der Waals surface area (Å²) >= 11 is 0. The molecule has 0 bridgehead atoms. The zero-order chi connectivity index (χ0) is 28.2. The fourth-order valence-corrected chi connectivity index (χ4v) is 4.87. The van der Waals surface area contributed by atoms with Gasteiger partial charge in [0.2, 0.25) is 0 Å². The van der Waals surface area contributed by atoms with Crippen molar-refractivity contribution >= 4 is 27.1 Å². The summed E-state index contributed by atoms with van der Waals surface area (Å²) in [5.74, 6) is 1.04. The number of hydrogen-bond acceptors (Lipinski definition) is 4. The summed E-state index contributed by atoms with van der Waals surface area (Å²) in [5.41, 5.74) is 1.84. The molecule has 7 heteroatoms. The van der Waals surface area contributed by atoms with Gasteiger partial charge < -0.3 is 19.1 Å². The molecular formula is C32H42FNO4Si. The molecule has 39 heavy (non-hydrogen) atoms. The second-order valence-electron chi connectivity index (χ2n) is 11.9. The molecule has 3 atom stereocenters. The van der Waals surface area contributed by atoms with Crippen molar-refractivity contribution in [3.05, 3.63) is 77.6 Å². The first-order valence-electron chi connectivity index (χ1n) is 14.0. The van der Waals surface area contributed by atoms with Gasteiger partial charge in [-0.2, -0.15) is 0 Å². The van der Waals surface area contributed by atoms with Gasteiger partial charge in [0.1, 0.15) is 17.2 Å². The summed E-state index contributed by atoms with van der Waals surface area (Å²) < 4.78 is 32.3. The largest absolute Gasteiger partial charge is 0.493 e. The van der Waals surface area contributed by atoms with E-state index >= 15 is 0 Å². The number of rotatable bonds is 9. The summed E-state index contributed by atoms with van der Waals surface area (Å²) in [6.45, 7) is 12.3. The number of halogens is 1. The van der Waals surface area contributed by atoms with Gasteiger partial charge in [-0.05, 0) is 72.5 Å². The van der Waals surface area contributed by atoms with Crippen molar-refractivity contribution in [3.63, 3.8) is 0 Å². The highest BCUT2D eigenvalue weighted by Crippen LogP contribution is 2.34. The maximum Gasteiger partial charge on any atom is 0.410 e. The van der Waals surface area contributed by atoms with Crippen molar-refractivity contribution in [2.24, 2.45) is 5.92 Å². The minimum atomic E-state index is -0.509. The van der Waals surface area contributed by atoms with Gasteiger partial charge in [0.05, 0.1) is 25.9 Å². The van der Waals surface area contributed by atoms with Crippen LogP contribution in [0.4, 0.5) is 9.18 Å². The van der Waals surface area contributed by atoms with E-state index in [1.165, 1.54) is 12.1 Å². The molecule has 1 amide bonds. The van der Waals surface area contributed by atoms with Crippen LogP contribution in [0.5, 0.6) is 5.75 Å². The van der Waals surface area contributed by atoms with E-state index in [1.54, 1.807) is 4.90 Å². The number of carbonyl (C=O) groups is 1. The summed E-state index contributed by atoms with van der Waals surface area (Å²) in [7, 11) is 0.938. The average molecular weight is 552 g/mol. The number of nitrogens with zero attached hydrogens (tertiary/aromatic N) is 1. The Morgan fingerprint density at radius 3 is 2.51 bits per heavy atom. The number of benzene rings is 3. The predicted octanol–water partition coefficient (Wildman–Crippen LogP) is 6.48. The first kappa shape index (κ1) is 29.1. The summed E-state index contributed by atoms with van der Waals surface area (Å²) in [5, 5.41) is 2.18. The van der Waals surface area contributed by atoms with Crippen molar-refractivity contribution in [2.75, 3.05) is 19.7 Å². The van der Waals surface area contributed by atoms with E-state index < -0.39 is 5.60 Å². The van der Waals surface area contributed by atoms with E-state index in [9.17, 15) is 9.18 Å². The quantitative estimate of drug-likeness (QED) is 0.286. The van der Waals surface area contributed by atoms with Gasteiger partial charge in [-0.1, -0.05) is 57.2 Å². The molecule has 1 aliphatic heterocycles. The van der Waals surface area contributed by atoms with Gasteiger partial charge in [0.25, 0.3) is 0 Å². The second-order valence-corrected chi connectivity index (χ2v) is 13.6.